The van der Waals surface area contributed by atoms with Crippen LogP contribution < -0.4 is 0 Å². The Labute approximate surface area is 189 Å². The highest BCUT2D eigenvalue weighted by Crippen LogP contribution is 2.38. The van der Waals surface area contributed by atoms with Crippen molar-refractivity contribution in [2.45, 2.75) is 33.5 Å². The Morgan fingerprint density at radius 2 is 1.69 bits per heavy atom. The van der Waals surface area contributed by atoms with E-state index < -0.39 is 17.8 Å². The molecule has 0 saturated carbocycles. The average molecular weight is 465 g/mol. The van der Waals surface area contributed by atoms with Crippen LogP contribution in [0.3, 0.4) is 0 Å². The lowest BCUT2D eigenvalue weighted by atomic mass is 9.96. The average Bonchev–Trinajstić information content (AvgIpc) is 3.07. The molecule has 0 spiro atoms. The van der Waals surface area contributed by atoms with Crippen molar-refractivity contribution in [3.05, 3.63) is 71.0 Å². The zero-order valence-corrected chi connectivity index (χ0v) is 19.0. The third-order valence-corrected chi connectivity index (χ3v) is 4.97. The van der Waals surface area contributed by atoms with E-state index in [0.717, 1.165) is 10.6 Å². The summed E-state index contributed by atoms with van der Waals surface area (Å²) < 4.78 is 43.1. The fourth-order valence-electron chi connectivity index (χ4n) is 3.55. The number of amides is 1. The van der Waals surface area contributed by atoms with Crippen LogP contribution in [-0.4, -0.2) is 38.9 Å². The molecule has 0 aliphatic rings. The van der Waals surface area contributed by atoms with Crippen molar-refractivity contribution in [3.8, 4) is 11.1 Å². The molecule has 0 aliphatic heterocycles. The number of carbonyl (C=O) groups is 1. The van der Waals surface area contributed by atoms with E-state index in [1.165, 1.54) is 17.3 Å². The molecule has 5 nitrogen and oxygen atoms in total. The SMILES string of the molecule is CN(CC(C)(C)C)C(=O)c1c(-c2ccc(Cl)cc2)cc(C(F)(F)F)n1Cc1ncccn1. The highest BCUT2D eigenvalue weighted by atomic mass is 35.5. The van der Waals surface area contributed by atoms with Gasteiger partial charge in [-0.1, -0.05) is 44.5 Å². The Balaban J connectivity index is 2.24. The molecule has 2 aromatic heterocycles. The first-order valence-electron chi connectivity index (χ1n) is 9.95. The zero-order chi connectivity index (χ0) is 23.7. The van der Waals surface area contributed by atoms with Gasteiger partial charge in [-0.3, -0.25) is 4.79 Å². The standard InChI is InChI=1S/C23H24ClF3N4O/c1-22(2,3)14-30(4)21(32)20-17(15-6-8-16(24)9-7-15)12-18(23(25,26)27)31(20)13-19-28-10-5-11-29-19/h5-12H,13-14H2,1-4H3. The van der Waals surface area contributed by atoms with E-state index in [4.69, 9.17) is 11.6 Å². The summed E-state index contributed by atoms with van der Waals surface area (Å²) in [5.41, 5.74) is -0.616. The maximum Gasteiger partial charge on any atom is 0.431 e. The van der Waals surface area contributed by atoms with Gasteiger partial charge < -0.3 is 9.47 Å². The van der Waals surface area contributed by atoms with E-state index in [1.807, 2.05) is 20.8 Å². The van der Waals surface area contributed by atoms with Gasteiger partial charge in [-0.05, 0) is 35.2 Å². The summed E-state index contributed by atoms with van der Waals surface area (Å²) in [6.07, 6.45) is -1.78. The molecular weight excluding hydrogens is 441 g/mol. The van der Waals surface area contributed by atoms with Crippen molar-refractivity contribution in [2.24, 2.45) is 5.41 Å². The number of benzene rings is 1. The van der Waals surface area contributed by atoms with Crippen LogP contribution in [-0.2, 0) is 12.7 Å². The summed E-state index contributed by atoms with van der Waals surface area (Å²) in [5.74, 6) is -0.347. The molecule has 0 bridgehead atoms. The Kier molecular flexibility index (Phi) is 6.64. The van der Waals surface area contributed by atoms with E-state index in [9.17, 15) is 18.0 Å². The lowest BCUT2D eigenvalue weighted by Crippen LogP contribution is -2.36. The van der Waals surface area contributed by atoms with E-state index in [0.29, 0.717) is 17.1 Å². The minimum Gasteiger partial charge on any atom is -0.340 e. The molecule has 0 unspecified atom stereocenters. The van der Waals surface area contributed by atoms with Crippen molar-refractivity contribution in [1.29, 1.82) is 0 Å². The highest BCUT2D eigenvalue weighted by molar-refractivity contribution is 6.30. The number of halogens is 4. The minimum atomic E-state index is -4.68. The smallest absolute Gasteiger partial charge is 0.340 e. The van der Waals surface area contributed by atoms with Gasteiger partial charge in [-0.25, -0.2) is 9.97 Å². The van der Waals surface area contributed by atoms with Crippen LogP contribution in [0.25, 0.3) is 11.1 Å². The van der Waals surface area contributed by atoms with E-state index in [1.54, 1.807) is 37.4 Å². The molecule has 3 rings (SSSR count). The zero-order valence-electron chi connectivity index (χ0n) is 18.2. The summed E-state index contributed by atoms with van der Waals surface area (Å²) in [7, 11) is 1.59. The maximum absolute atomic E-state index is 14.1. The molecule has 32 heavy (non-hydrogen) atoms. The molecule has 0 saturated heterocycles. The predicted molar refractivity (Wildman–Crippen MR) is 117 cm³/mol. The molecule has 1 amide bonds. The number of hydrogen-bond donors (Lipinski definition) is 0. The van der Waals surface area contributed by atoms with Crippen molar-refractivity contribution in [2.75, 3.05) is 13.6 Å². The normalized spacial score (nSPS) is 12.1. The third kappa shape index (κ3) is 5.48. The van der Waals surface area contributed by atoms with E-state index in [-0.39, 0.29) is 29.0 Å². The van der Waals surface area contributed by atoms with Crippen LogP contribution in [0.5, 0.6) is 0 Å². The first-order valence-corrected chi connectivity index (χ1v) is 10.3. The van der Waals surface area contributed by atoms with Crippen LogP contribution in [0.4, 0.5) is 13.2 Å². The largest absolute Gasteiger partial charge is 0.431 e. The van der Waals surface area contributed by atoms with Crippen LogP contribution in [0.2, 0.25) is 5.02 Å². The van der Waals surface area contributed by atoms with Gasteiger partial charge in [0.2, 0.25) is 0 Å². The van der Waals surface area contributed by atoms with Gasteiger partial charge in [0, 0.05) is 36.6 Å². The van der Waals surface area contributed by atoms with Crippen molar-refractivity contribution >= 4 is 17.5 Å². The Bertz CT molecular complexity index is 1090. The molecule has 0 atom stereocenters. The molecule has 170 valence electrons. The van der Waals surface area contributed by atoms with Gasteiger partial charge in [-0.15, -0.1) is 0 Å². The maximum atomic E-state index is 14.1. The lowest BCUT2D eigenvalue weighted by molar-refractivity contribution is -0.143. The molecule has 0 aliphatic carbocycles. The Morgan fingerprint density at radius 1 is 1.09 bits per heavy atom. The van der Waals surface area contributed by atoms with Crippen LogP contribution >= 0.6 is 11.6 Å². The topological polar surface area (TPSA) is 51.0 Å². The number of carbonyl (C=O) groups excluding carboxylic acids is 1. The first kappa shape index (κ1) is 23.8. The number of alkyl halides is 3. The van der Waals surface area contributed by atoms with Gasteiger partial charge in [0.1, 0.15) is 17.2 Å². The summed E-state index contributed by atoms with van der Waals surface area (Å²) in [6, 6.07) is 8.93. The van der Waals surface area contributed by atoms with Gasteiger partial charge in [0.05, 0.1) is 6.54 Å². The quantitative estimate of drug-likeness (QED) is 0.480. The van der Waals surface area contributed by atoms with Gasteiger partial charge in [0.25, 0.3) is 5.91 Å². The molecule has 0 N–H and O–H groups in total. The fraction of sp³-hybridized carbons (Fsp3) is 0.348. The summed E-state index contributed by atoms with van der Waals surface area (Å²) in [4.78, 5) is 23.1. The second-order valence-electron chi connectivity index (χ2n) is 8.77. The number of hydrogen-bond acceptors (Lipinski definition) is 3. The van der Waals surface area contributed by atoms with Crippen molar-refractivity contribution < 1.29 is 18.0 Å². The summed E-state index contributed by atoms with van der Waals surface area (Å²) in [5, 5.41) is 0.444. The molecule has 9 heteroatoms. The van der Waals surface area contributed by atoms with Gasteiger partial charge in [-0.2, -0.15) is 13.2 Å². The number of nitrogens with zero attached hydrogens (tertiary/aromatic N) is 4. The molecule has 1 aromatic carbocycles. The third-order valence-electron chi connectivity index (χ3n) is 4.72. The lowest BCUT2D eigenvalue weighted by Gasteiger charge is -2.27. The van der Waals surface area contributed by atoms with Crippen molar-refractivity contribution in [3.63, 3.8) is 0 Å². The Morgan fingerprint density at radius 3 is 2.22 bits per heavy atom. The molecule has 0 radical (unpaired) electrons. The van der Waals surface area contributed by atoms with E-state index in [2.05, 4.69) is 9.97 Å². The summed E-state index contributed by atoms with van der Waals surface area (Å²) >= 11 is 5.96. The van der Waals surface area contributed by atoms with Crippen LogP contribution in [0.15, 0.2) is 48.8 Å². The monoisotopic (exact) mass is 464 g/mol. The summed E-state index contributed by atoms with van der Waals surface area (Å²) in [6.45, 7) is 5.92. The number of rotatable bonds is 5. The molecular formula is C23H24ClF3N4O. The Hall–Kier alpha value is -2.87. The highest BCUT2D eigenvalue weighted by Gasteiger charge is 2.39. The van der Waals surface area contributed by atoms with Gasteiger partial charge in [0.15, 0.2) is 0 Å². The minimum absolute atomic E-state index is 0.0705. The van der Waals surface area contributed by atoms with Crippen LogP contribution in [0, 0.1) is 5.41 Å². The first-order chi connectivity index (χ1) is 14.9. The molecule has 0 fully saturated rings. The van der Waals surface area contributed by atoms with Gasteiger partial charge >= 0.3 is 6.18 Å². The molecule has 2 heterocycles. The second-order valence-corrected chi connectivity index (χ2v) is 9.21. The van der Waals surface area contributed by atoms with E-state index >= 15 is 0 Å². The van der Waals surface area contributed by atoms with Crippen molar-refractivity contribution in [1.82, 2.24) is 19.4 Å². The molecule has 3 aromatic rings. The fourth-order valence-corrected chi connectivity index (χ4v) is 3.67. The van der Waals surface area contributed by atoms with Crippen LogP contribution in [0.1, 0.15) is 42.8 Å². The number of aromatic nitrogens is 3. The second kappa shape index (κ2) is 8.94. The predicted octanol–water partition coefficient (Wildman–Crippen LogP) is 5.78.